The van der Waals surface area contributed by atoms with Crippen LogP contribution in [0.25, 0.3) is 0 Å². The average molecular weight is 354 g/mol. The summed E-state index contributed by atoms with van der Waals surface area (Å²) in [5.74, 6) is -0.391. The molecule has 0 heterocycles. The van der Waals surface area contributed by atoms with Crippen LogP contribution < -0.4 is 10.6 Å². The molecule has 0 radical (unpaired) electrons. The third kappa shape index (κ3) is 4.21. The molecule has 0 unspecified atom stereocenters. The Kier molecular flexibility index (Phi) is 5.53. The molecule has 2 aromatic carbocycles. The van der Waals surface area contributed by atoms with Gasteiger partial charge >= 0.3 is 12.0 Å². The van der Waals surface area contributed by atoms with Crippen LogP contribution in [-0.2, 0) is 17.6 Å². The standard InChI is InChI=1S/C20H22N2O4/c1-2-26-19(24)14-6-9-15(10-7-14)21-20(25)22-18-5-3-4-13-8-11-16(23)12-17(13)18/h3-7,9-10,16,23H,2,8,11-12H2,1H3,(H2,21,22,25)/t16-/m0/s1. The predicted octanol–water partition coefficient (Wildman–Crippen LogP) is 3.36. The van der Waals surface area contributed by atoms with Crippen molar-refractivity contribution in [3.8, 4) is 0 Å². The molecule has 2 aromatic rings. The van der Waals surface area contributed by atoms with Crippen molar-refractivity contribution in [1.29, 1.82) is 0 Å². The molecule has 6 heteroatoms. The van der Waals surface area contributed by atoms with Gasteiger partial charge in [0.1, 0.15) is 0 Å². The number of urea groups is 1. The molecule has 3 rings (SSSR count). The zero-order chi connectivity index (χ0) is 18.5. The van der Waals surface area contributed by atoms with Crippen LogP contribution in [0.5, 0.6) is 0 Å². The maximum Gasteiger partial charge on any atom is 0.338 e. The molecule has 3 N–H and O–H groups in total. The minimum Gasteiger partial charge on any atom is -0.462 e. The number of hydrogen-bond acceptors (Lipinski definition) is 4. The van der Waals surface area contributed by atoms with Gasteiger partial charge in [0.05, 0.1) is 18.3 Å². The number of fused-ring (bicyclic) bond motifs is 1. The summed E-state index contributed by atoms with van der Waals surface area (Å²) in [6.45, 7) is 2.07. The van der Waals surface area contributed by atoms with E-state index in [9.17, 15) is 14.7 Å². The maximum atomic E-state index is 12.3. The van der Waals surface area contributed by atoms with E-state index in [0.717, 1.165) is 24.0 Å². The van der Waals surface area contributed by atoms with Gasteiger partial charge in [0, 0.05) is 17.8 Å². The Balaban J connectivity index is 1.65. The second-order valence-electron chi connectivity index (χ2n) is 6.22. The number of ether oxygens (including phenoxy) is 1. The Bertz CT molecular complexity index is 802. The van der Waals surface area contributed by atoms with Gasteiger partial charge in [-0.3, -0.25) is 0 Å². The lowest BCUT2D eigenvalue weighted by Crippen LogP contribution is -2.24. The van der Waals surface area contributed by atoms with Gasteiger partial charge in [-0.15, -0.1) is 0 Å². The Morgan fingerprint density at radius 1 is 1.15 bits per heavy atom. The highest BCUT2D eigenvalue weighted by Gasteiger charge is 2.20. The Labute approximate surface area is 152 Å². The molecule has 2 amide bonds. The largest absolute Gasteiger partial charge is 0.462 e. The Morgan fingerprint density at radius 2 is 1.92 bits per heavy atom. The summed E-state index contributed by atoms with van der Waals surface area (Å²) >= 11 is 0. The lowest BCUT2D eigenvalue weighted by Gasteiger charge is -2.23. The molecule has 1 aliphatic rings. The second kappa shape index (κ2) is 8.01. The first-order valence-corrected chi connectivity index (χ1v) is 8.71. The van der Waals surface area contributed by atoms with Crippen molar-refractivity contribution >= 4 is 23.4 Å². The van der Waals surface area contributed by atoms with Crippen LogP contribution in [0.2, 0.25) is 0 Å². The van der Waals surface area contributed by atoms with E-state index in [4.69, 9.17) is 4.74 Å². The lowest BCUT2D eigenvalue weighted by molar-refractivity contribution is 0.0526. The quantitative estimate of drug-likeness (QED) is 0.735. The fourth-order valence-corrected chi connectivity index (χ4v) is 3.08. The molecule has 0 fully saturated rings. The van der Waals surface area contributed by atoms with Crippen LogP contribution in [0, 0.1) is 0 Å². The number of hydrogen-bond donors (Lipinski definition) is 3. The molecule has 0 bridgehead atoms. The van der Waals surface area contributed by atoms with Crippen molar-refractivity contribution in [2.24, 2.45) is 0 Å². The molecule has 0 saturated heterocycles. The van der Waals surface area contributed by atoms with Crippen molar-refractivity contribution in [1.82, 2.24) is 0 Å². The molecular formula is C20H22N2O4. The summed E-state index contributed by atoms with van der Waals surface area (Å²) in [6, 6.07) is 11.9. The van der Waals surface area contributed by atoms with Gasteiger partial charge in [-0.1, -0.05) is 12.1 Å². The summed E-state index contributed by atoms with van der Waals surface area (Å²) in [6.07, 6.45) is 1.72. The van der Waals surface area contributed by atoms with Gasteiger partial charge in [-0.05, 0) is 61.2 Å². The van der Waals surface area contributed by atoms with Crippen molar-refractivity contribution in [3.63, 3.8) is 0 Å². The molecule has 1 aliphatic carbocycles. The first kappa shape index (κ1) is 17.9. The van der Waals surface area contributed by atoms with E-state index in [-0.39, 0.29) is 12.1 Å². The first-order valence-electron chi connectivity index (χ1n) is 8.71. The Hall–Kier alpha value is -2.86. The number of nitrogens with one attached hydrogen (secondary N) is 2. The number of aliphatic hydroxyl groups is 1. The zero-order valence-electron chi connectivity index (χ0n) is 14.6. The van der Waals surface area contributed by atoms with Gasteiger partial charge in [0.2, 0.25) is 0 Å². The fraction of sp³-hybridized carbons (Fsp3) is 0.300. The minimum atomic E-state index is -0.391. The molecule has 0 aromatic heterocycles. The summed E-state index contributed by atoms with van der Waals surface area (Å²) in [5, 5.41) is 15.5. The van der Waals surface area contributed by atoms with Crippen LogP contribution in [0.3, 0.4) is 0 Å². The molecule has 0 spiro atoms. The SMILES string of the molecule is CCOC(=O)c1ccc(NC(=O)Nc2cccc3c2C[C@@H](O)CC3)cc1. The van der Waals surface area contributed by atoms with E-state index >= 15 is 0 Å². The van der Waals surface area contributed by atoms with E-state index in [2.05, 4.69) is 10.6 Å². The van der Waals surface area contributed by atoms with Gasteiger partial charge in [-0.2, -0.15) is 0 Å². The number of rotatable bonds is 4. The highest BCUT2D eigenvalue weighted by Crippen LogP contribution is 2.28. The monoisotopic (exact) mass is 354 g/mol. The highest BCUT2D eigenvalue weighted by molar-refractivity contribution is 6.00. The number of aliphatic hydroxyl groups excluding tert-OH is 1. The van der Waals surface area contributed by atoms with Crippen LogP contribution in [0.1, 0.15) is 34.8 Å². The van der Waals surface area contributed by atoms with E-state index in [1.807, 2.05) is 18.2 Å². The summed E-state index contributed by atoms with van der Waals surface area (Å²) in [4.78, 5) is 23.9. The topological polar surface area (TPSA) is 87.7 Å². The zero-order valence-corrected chi connectivity index (χ0v) is 14.6. The van der Waals surface area contributed by atoms with E-state index < -0.39 is 5.97 Å². The first-order chi connectivity index (χ1) is 12.6. The second-order valence-corrected chi connectivity index (χ2v) is 6.22. The summed E-state index contributed by atoms with van der Waals surface area (Å²) in [5.41, 5.74) is 3.86. The third-order valence-corrected chi connectivity index (χ3v) is 4.36. The normalized spacial score (nSPS) is 15.7. The summed E-state index contributed by atoms with van der Waals surface area (Å²) in [7, 11) is 0. The molecule has 26 heavy (non-hydrogen) atoms. The van der Waals surface area contributed by atoms with Crippen molar-refractivity contribution in [3.05, 3.63) is 59.2 Å². The third-order valence-electron chi connectivity index (χ3n) is 4.36. The predicted molar refractivity (Wildman–Crippen MR) is 99.5 cm³/mol. The van der Waals surface area contributed by atoms with E-state index in [1.54, 1.807) is 31.2 Å². The molecular weight excluding hydrogens is 332 g/mol. The number of anilines is 2. The Morgan fingerprint density at radius 3 is 2.65 bits per heavy atom. The number of aryl methyl sites for hydroxylation is 1. The van der Waals surface area contributed by atoms with Gasteiger partial charge < -0.3 is 20.5 Å². The van der Waals surface area contributed by atoms with Crippen LogP contribution in [0.15, 0.2) is 42.5 Å². The molecule has 0 saturated carbocycles. The summed E-state index contributed by atoms with van der Waals surface area (Å²) < 4.78 is 4.93. The number of carbonyl (C=O) groups excluding carboxylic acids is 2. The number of carbonyl (C=O) groups is 2. The van der Waals surface area contributed by atoms with Gasteiger partial charge in [0.15, 0.2) is 0 Å². The van der Waals surface area contributed by atoms with Crippen LogP contribution in [-0.4, -0.2) is 29.8 Å². The van der Waals surface area contributed by atoms with Crippen molar-refractivity contribution in [2.45, 2.75) is 32.3 Å². The smallest absolute Gasteiger partial charge is 0.338 e. The van der Waals surface area contributed by atoms with Crippen molar-refractivity contribution in [2.75, 3.05) is 17.2 Å². The van der Waals surface area contributed by atoms with Crippen molar-refractivity contribution < 1.29 is 19.4 Å². The van der Waals surface area contributed by atoms with Crippen LogP contribution >= 0.6 is 0 Å². The lowest BCUT2D eigenvalue weighted by atomic mass is 9.88. The fourth-order valence-electron chi connectivity index (χ4n) is 3.08. The number of amides is 2. The van der Waals surface area contributed by atoms with Crippen LogP contribution in [0.4, 0.5) is 16.2 Å². The molecule has 0 aliphatic heterocycles. The average Bonchev–Trinajstić information content (AvgIpc) is 2.63. The van der Waals surface area contributed by atoms with E-state index in [1.165, 1.54) is 0 Å². The maximum absolute atomic E-state index is 12.3. The minimum absolute atomic E-state index is 0.317. The molecule has 136 valence electrons. The molecule has 1 atom stereocenters. The van der Waals surface area contributed by atoms with Gasteiger partial charge in [-0.25, -0.2) is 9.59 Å². The molecule has 6 nitrogen and oxygen atoms in total. The van der Waals surface area contributed by atoms with E-state index in [0.29, 0.717) is 30.0 Å². The highest BCUT2D eigenvalue weighted by atomic mass is 16.5. The number of benzene rings is 2. The number of esters is 1. The van der Waals surface area contributed by atoms with Gasteiger partial charge in [0.25, 0.3) is 0 Å².